The lowest BCUT2D eigenvalue weighted by atomic mass is 10.0. The molecule has 11 N–H and O–H groups in total. The first-order valence-corrected chi connectivity index (χ1v) is 12.7. The van der Waals surface area contributed by atoms with Gasteiger partial charge in [-0.1, -0.05) is 24.3 Å². The molecular weight excluding hydrogens is 538 g/mol. The van der Waals surface area contributed by atoms with Crippen molar-refractivity contribution in [2.45, 2.75) is 62.9 Å². The van der Waals surface area contributed by atoms with Crippen molar-refractivity contribution in [2.24, 2.45) is 11.5 Å². The average Bonchev–Trinajstić information content (AvgIpc) is 2.91. The fraction of sp³-hybridized carbons (Fsp3) is 0.370. The molecule has 5 unspecified atom stereocenters. The molecule has 0 heterocycles. The molecule has 0 saturated carbocycles. The number of primary amides is 1. The molecule has 0 fully saturated rings. The SMILES string of the molecule is CC(O)C(NC(=O)C(Cc1ccc(O)cc1)NC(=O)C(N)CCC(N)=O)C(=O)NC(Cc1ccc(O)cc1)C(=O)O. The van der Waals surface area contributed by atoms with Gasteiger partial charge in [-0.05, 0) is 48.7 Å². The largest absolute Gasteiger partial charge is 0.508 e. The summed E-state index contributed by atoms with van der Waals surface area (Å²) in [6.45, 7) is 1.22. The number of carboxylic acids is 1. The number of phenols is 2. The van der Waals surface area contributed by atoms with E-state index in [9.17, 15) is 44.4 Å². The molecule has 14 heteroatoms. The third-order valence-corrected chi connectivity index (χ3v) is 6.10. The van der Waals surface area contributed by atoms with Crippen molar-refractivity contribution in [3.63, 3.8) is 0 Å². The molecule has 0 aromatic heterocycles. The minimum Gasteiger partial charge on any atom is -0.508 e. The Bertz CT molecular complexity index is 1220. The van der Waals surface area contributed by atoms with Crippen LogP contribution in [0.4, 0.5) is 0 Å². The predicted octanol–water partition coefficient (Wildman–Crippen LogP) is -1.60. The Balaban J connectivity index is 2.20. The first-order valence-electron chi connectivity index (χ1n) is 12.7. The summed E-state index contributed by atoms with van der Waals surface area (Å²) < 4.78 is 0. The number of carboxylic acid groups (broad SMARTS) is 1. The molecule has 222 valence electrons. The first-order chi connectivity index (χ1) is 19.3. The zero-order valence-electron chi connectivity index (χ0n) is 22.3. The molecule has 0 aliphatic rings. The zero-order chi connectivity index (χ0) is 30.7. The molecule has 4 amide bonds. The molecule has 0 aliphatic carbocycles. The van der Waals surface area contributed by atoms with Crippen molar-refractivity contribution in [2.75, 3.05) is 0 Å². The quantitative estimate of drug-likeness (QED) is 0.118. The van der Waals surface area contributed by atoms with Gasteiger partial charge >= 0.3 is 5.97 Å². The number of aliphatic hydroxyl groups is 1. The second-order valence-electron chi connectivity index (χ2n) is 9.54. The van der Waals surface area contributed by atoms with Crippen LogP contribution in [-0.4, -0.2) is 80.3 Å². The monoisotopic (exact) mass is 573 g/mol. The van der Waals surface area contributed by atoms with E-state index in [1.807, 2.05) is 0 Å². The van der Waals surface area contributed by atoms with Crippen molar-refractivity contribution in [1.82, 2.24) is 16.0 Å². The summed E-state index contributed by atoms with van der Waals surface area (Å²) in [5, 5.41) is 46.0. The summed E-state index contributed by atoms with van der Waals surface area (Å²) in [5.74, 6) is -4.75. The second-order valence-corrected chi connectivity index (χ2v) is 9.54. The third-order valence-electron chi connectivity index (χ3n) is 6.10. The summed E-state index contributed by atoms with van der Waals surface area (Å²) >= 11 is 0. The van der Waals surface area contributed by atoms with Crippen LogP contribution in [0.15, 0.2) is 48.5 Å². The number of nitrogens with one attached hydrogen (secondary N) is 3. The van der Waals surface area contributed by atoms with Gasteiger partial charge in [-0.25, -0.2) is 4.79 Å². The van der Waals surface area contributed by atoms with Crippen LogP contribution >= 0.6 is 0 Å². The number of phenolic OH excluding ortho intramolecular Hbond substituents is 2. The van der Waals surface area contributed by atoms with Crippen molar-refractivity contribution in [1.29, 1.82) is 0 Å². The van der Waals surface area contributed by atoms with Crippen LogP contribution in [-0.2, 0) is 36.8 Å². The van der Waals surface area contributed by atoms with E-state index in [2.05, 4.69) is 16.0 Å². The van der Waals surface area contributed by atoms with Gasteiger partial charge in [-0.2, -0.15) is 0 Å². The van der Waals surface area contributed by atoms with Crippen LogP contribution < -0.4 is 27.4 Å². The van der Waals surface area contributed by atoms with Crippen LogP contribution in [0.2, 0.25) is 0 Å². The summed E-state index contributed by atoms with van der Waals surface area (Å²) in [7, 11) is 0. The van der Waals surface area contributed by atoms with E-state index in [4.69, 9.17) is 11.5 Å². The van der Waals surface area contributed by atoms with Crippen molar-refractivity contribution in [3.05, 3.63) is 59.7 Å². The Morgan fingerprint density at radius 3 is 1.66 bits per heavy atom. The highest BCUT2D eigenvalue weighted by atomic mass is 16.4. The standard InChI is InChI=1S/C27H35N5O9/c1-14(33)23(26(39)31-21(27(40)41)13-16-4-8-18(35)9-5-16)32-25(38)20(12-15-2-6-17(34)7-3-15)30-24(37)19(28)10-11-22(29)36/h2-9,14,19-21,23,33-35H,10-13,28H2,1H3,(H2,29,36)(H,30,37)(H,31,39)(H,32,38)(H,40,41). The third kappa shape index (κ3) is 10.8. The normalized spacial score (nSPS) is 14.5. The lowest BCUT2D eigenvalue weighted by molar-refractivity contribution is -0.143. The van der Waals surface area contributed by atoms with Crippen molar-refractivity contribution in [3.8, 4) is 11.5 Å². The Hall–Kier alpha value is -4.69. The number of aromatic hydroxyl groups is 2. The van der Waals surface area contributed by atoms with Crippen LogP contribution in [0, 0.1) is 0 Å². The fourth-order valence-electron chi connectivity index (χ4n) is 3.77. The molecule has 0 aliphatic heterocycles. The summed E-state index contributed by atoms with van der Waals surface area (Å²) in [5.41, 5.74) is 11.9. The number of rotatable bonds is 15. The van der Waals surface area contributed by atoms with E-state index in [1.54, 1.807) is 0 Å². The molecule has 2 aromatic rings. The highest BCUT2D eigenvalue weighted by Gasteiger charge is 2.33. The van der Waals surface area contributed by atoms with Crippen LogP contribution in [0.1, 0.15) is 30.9 Å². The van der Waals surface area contributed by atoms with Crippen LogP contribution in [0.25, 0.3) is 0 Å². The van der Waals surface area contributed by atoms with E-state index < -0.39 is 59.9 Å². The molecular formula is C27H35N5O9. The molecule has 0 bridgehead atoms. The lowest BCUT2D eigenvalue weighted by Crippen LogP contribution is -2.60. The van der Waals surface area contributed by atoms with Crippen LogP contribution in [0.5, 0.6) is 11.5 Å². The summed E-state index contributed by atoms with van der Waals surface area (Å²) in [4.78, 5) is 61.8. The van der Waals surface area contributed by atoms with Gasteiger partial charge in [0.15, 0.2) is 0 Å². The van der Waals surface area contributed by atoms with Gasteiger partial charge in [0.25, 0.3) is 0 Å². The van der Waals surface area contributed by atoms with E-state index in [-0.39, 0.29) is 37.2 Å². The number of carbonyl (C=O) groups excluding carboxylic acids is 4. The molecule has 14 nitrogen and oxygen atoms in total. The molecule has 41 heavy (non-hydrogen) atoms. The van der Waals surface area contributed by atoms with Gasteiger partial charge in [0.1, 0.15) is 29.6 Å². The minimum absolute atomic E-state index is 0.0238. The Kier molecular flexibility index (Phi) is 12.0. The Morgan fingerprint density at radius 1 is 0.756 bits per heavy atom. The van der Waals surface area contributed by atoms with Gasteiger partial charge in [0, 0.05) is 19.3 Å². The van der Waals surface area contributed by atoms with E-state index >= 15 is 0 Å². The number of aliphatic carboxylic acids is 1. The zero-order valence-corrected chi connectivity index (χ0v) is 22.3. The number of amides is 4. The van der Waals surface area contributed by atoms with E-state index in [1.165, 1.54) is 55.5 Å². The number of aliphatic hydroxyl groups excluding tert-OH is 1. The average molecular weight is 574 g/mol. The van der Waals surface area contributed by atoms with Gasteiger partial charge in [0.2, 0.25) is 23.6 Å². The van der Waals surface area contributed by atoms with E-state index in [0.717, 1.165) is 0 Å². The number of carbonyl (C=O) groups is 5. The number of hydrogen-bond acceptors (Lipinski definition) is 9. The molecule has 5 atom stereocenters. The number of benzene rings is 2. The summed E-state index contributed by atoms with van der Waals surface area (Å²) in [6.07, 6.45) is -1.96. The van der Waals surface area contributed by atoms with Crippen molar-refractivity contribution >= 4 is 29.6 Å². The Morgan fingerprint density at radius 2 is 1.22 bits per heavy atom. The molecule has 0 radical (unpaired) electrons. The van der Waals surface area contributed by atoms with Gasteiger partial charge in [0.05, 0.1) is 12.1 Å². The lowest BCUT2D eigenvalue weighted by Gasteiger charge is -2.26. The Labute approximate surface area is 235 Å². The predicted molar refractivity (Wildman–Crippen MR) is 145 cm³/mol. The molecule has 2 aromatic carbocycles. The maximum Gasteiger partial charge on any atom is 0.326 e. The van der Waals surface area contributed by atoms with Crippen LogP contribution in [0.3, 0.4) is 0 Å². The highest BCUT2D eigenvalue weighted by Crippen LogP contribution is 2.13. The maximum absolute atomic E-state index is 13.3. The molecule has 0 saturated heterocycles. The number of hydrogen-bond donors (Lipinski definition) is 9. The number of nitrogens with two attached hydrogens (primary N) is 2. The van der Waals surface area contributed by atoms with Gasteiger partial charge < -0.3 is 47.8 Å². The van der Waals surface area contributed by atoms with E-state index in [0.29, 0.717) is 11.1 Å². The fourth-order valence-corrected chi connectivity index (χ4v) is 3.77. The molecule has 2 rings (SSSR count). The topological polar surface area (TPSA) is 254 Å². The van der Waals surface area contributed by atoms with Gasteiger partial charge in [-0.3, -0.25) is 19.2 Å². The first kappa shape index (κ1) is 32.5. The van der Waals surface area contributed by atoms with Gasteiger partial charge in [-0.15, -0.1) is 0 Å². The minimum atomic E-state index is -1.60. The summed E-state index contributed by atoms with van der Waals surface area (Å²) in [6, 6.07) is 5.92. The maximum atomic E-state index is 13.3. The van der Waals surface area contributed by atoms with Crippen molar-refractivity contribution < 1.29 is 44.4 Å². The smallest absolute Gasteiger partial charge is 0.326 e. The molecule has 0 spiro atoms. The second kappa shape index (κ2) is 15.2. The highest BCUT2D eigenvalue weighted by molar-refractivity contribution is 5.94.